The zero-order valence-corrected chi connectivity index (χ0v) is 14.6. The van der Waals surface area contributed by atoms with Gasteiger partial charge in [-0.15, -0.1) is 0 Å². The van der Waals surface area contributed by atoms with Crippen LogP contribution in [0, 0.1) is 9.39 Å². The molecular weight excluding hydrogens is 436 g/mol. The first-order chi connectivity index (χ1) is 11.1. The minimum atomic E-state index is -1.86. The van der Waals surface area contributed by atoms with E-state index >= 15 is 0 Å². The Balaban J connectivity index is 2.77. The van der Waals surface area contributed by atoms with Gasteiger partial charge in [-0.25, -0.2) is 14.0 Å². The highest BCUT2D eigenvalue weighted by molar-refractivity contribution is 14.1. The summed E-state index contributed by atoms with van der Waals surface area (Å²) in [5.41, 5.74) is -2.75. The molecule has 1 aromatic carbocycles. The number of carboxylic acids is 1. The summed E-state index contributed by atoms with van der Waals surface area (Å²) in [6, 6.07) is 4.10. The first-order valence-corrected chi connectivity index (χ1v) is 7.52. The predicted molar refractivity (Wildman–Crippen MR) is 91.3 cm³/mol. The van der Waals surface area contributed by atoms with Gasteiger partial charge in [-0.3, -0.25) is 18.7 Å². The molecule has 0 unspecified atom stereocenters. The molecule has 0 saturated heterocycles. The van der Waals surface area contributed by atoms with Gasteiger partial charge in [0.15, 0.2) is 0 Å². The van der Waals surface area contributed by atoms with Gasteiger partial charge in [-0.1, -0.05) is 0 Å². The van der Waals surface area contributed by atoms with Gasteiger partial charge in [0.1, 0.15) is 17.2 Å². The monoisotopic (exact) mass is 447 g/mol. The fraction of sp³-hybridized carbons (Fsp3) is 0.143. The normalized spacial score (nSPS) is 10.5. The van der Waals surface area contributed by atoms with Crippen molar-refractivity contribution in [2.24, 2.45) is 14.1 Å². The molecular formula is C14H11FIN3O5. The van der Waals surface area contributed by atoms with Crippen LogP contribution in [0.4, 0.5) is 15.9 Å². The van der Waals surface area contributed by atoms with Crippen LogP contribution in [0.15, 0.2) is 27.8 Å². The molecule has 0 radical (unpaired) electrons. The van der Waals surface area contributed by atoms with Gasteiger partial charge in [-0.2, -0.15) is 0 Å². The number of aromatic nitrogens is 2. The van der Waals surface area contributed by atoms with Crippen LogP contribution in [-0.4, -0.2) is 26.0 Å². The molecule has 2 N–H and O–H groups in total. The van der Waals surface area contributed by atoms with E-state index in [4.69, 9.17) is 5.11 Å². The van der Waals surface area contributed by atoms with Crippen LogP contribution in [-0.2, 0) is 18.9 Å². The lowest BCUT2D eigenvalue weighted by Crippen LogP contribution is -2.42. The van der Waals surface area contributed by atoms with Crippen LogP contribution in [0.25, 0.3) is 0 Å². The lowest BCUT2D eigenvalue weighted by Gasteiger charge is -2.15. The first kappa shape index (κ1) is 17.8. The molecule has 0 aliphatic rings. The summed E-state index contributed by atoms with van der Waals surface area (Å²) in [6.45, 7) is 0. The molecule has 0 saturated carbocycles. The third kappa shape index (κ3) is 3.09. The Morgan fingerprint density at radius 2 is 1.83 bits per heavy atom. The van der Waals surface area contributed by atoms with Crippen LogP contribution in [0.3, 0.4) is 0 Å². The highest BCUT2D eigenvalue weighted by Gasteiger charge is 2.27. The van der Waals surface area contributed by atoms with E-state index in [1.807, 2.05) is 22.6 Å². The van der Waals surface area contributed by atoms with Crippen molar-refractivity contribution in [1.82, 2.24) is 9.13 Å². The van der Waals surface area contributed by atoms with Crippen molar-refractivity contribution in [3.8, 4) is 0 Å². The maximum absolute atomic E-state index is 14.0. The third-order valence-corrected chi connectivity index (χ3v) is 3.94. The van der Waals surface area contributed by atoms with Gasteiger partial charge in [-0.05, 0) is 40.8 Å². The topological polar surface area (TPSA) is 110 Å². The summed E-state index contributed by atoms with van der Waals surface area (Å²) in [5, 5.41) is 11.4. The second-order valence-electron chi connectivity index (χ2n) is 4.81. The molecule has 126 valence electrons. The van der Waals surface area contributed by atoms with Crippen molar-refractivity contribution in [3.05, 3.63) is 54.0 Å². The van der Waals surface area contributed by atoms with Gasteiger partial charge < -0.3 is 10.4 Å². The van der Waals surface area contributed by atoms with Crippen molar-refractivity contribution in [1.29, 1.82) is 0 Å². The quantitative estimate of drug-likeness (QED) is 0.409. The van der Waals surface area contributed by atoms with Crippen molar-refractivity contribution in [3.63, 3.8) is 0 Å². The second kappa shape index (κ2) is 6.55. The van der Waals surface area contributed by atoms with Gasteiger partial charge in [0, 0.05) is 17.7 Å². The van der Waals surface area contributed by atoms with E-state index < -0.39 is 40.2 Å². The minimum absolute atomic E-state index is 0.113. The smallest absolute Gasteiger partial charge is 0.377 e. The zero-order chi connectivity index (χ0) is 18.2. The maximum atomic E-state index is 14.0. The number of carbonyl (C=O) groups excluding carboxylic acids is 1. The summed E-state index contributed by atoms with van der Waals surface area (Å²) in [4.78, 5) is 47.0. The number of anilines is 2. The van der Waals surface area contributed by atoms with Gasteiger partial charge >= 0.3 is 11.7 Å². The largest absolute Gasteiger partial charge is 0.475 e. The number of carbonyl (C=O) groups is 2. The molecule has 0 fully saturated rings. The number of ketones is 1. The molecule has 0 spiro atoms. The Morgan fingerprint density at radius 1 is 1.21 bits per heavy atom. The van der Waals surface area contributed by atoms with E-state index in [1.165, 1.54) is 19.2 Å². The van der Waals surface area contributed by atoms with E-state index in [0.29, 0.717) is 8.14 Å². The predicted octanol–water partition coefficient (Wildman–Crippen LogP) is 0.839. The van der Waals surface area contributed by atoms with E-state index in [2.05, 4.69) is 5.32 Å². The number of hydrogen-bond acceptors (Lipinski definition) is 5. The molecule has 0 atom stereocenters. The molecule has 8 nitrogen and oxygen atoms in total. The number of rotatable bonds is 4. The van der Waals surface area contributed by atoms with E-state index in [-0.39, 0.29) is 5.69 Å². The van der Waals surface area contributed by atoms with Crippen LogP contribution in [0.5, 0.6) is 0 Å². The second-order valence-corrected chi connectivity index (χ2v) is 6.06. The van der Waals surface area contributed by atoms with E-state index in [1.54, 1.807) is 6.07 Å². The van der Waals surface area contributed by atoms with Gasteiger partial charge in [0.05, 0.1) is 5.69 Å². The number of nitrogens with zero attached hydrogens (tertiary/aromatic N) is 2. The number of carboxylic acid groups (broad SMARTS) is 1. The first-order valence-electron chi connectivity index (χ1n) is 6.44. The van der Waals surface area contributed by atoms with E-state index in [9.17, 15) is 23.6 Å². The number of nitrogens with one attached hydrogen (secondary N) is 1. The average molecular weight is 447 g/mol. The highest BCUT2D eigenvalue weighted by Crippen LogP contribution is 2.22. The molecule has 24 heavy (non-hydrogen) atoms. The summed E-state index contributed by atoms with van der Waals surface area (Å²) >= 11 is 1.89. The highest BCUT2D eigenvalue weighted by atomic mass is 127. The fourth-order valence-electron chi connectivity index (χ4n) is 2.02. The lowest BCUT2D eigenvalue weighted by atomic mass is 10.2. The van der Waals surface area contributed by atoms with Gasteiger partial charge in [0.2, 0.25) is 0 Å². The Labute approximate surface area is 147 Å². The lowest BCUT2D eigenvalue weighted by molar-refractivity contribution is -0.131. The van der Waals surface area contributed by atoms with Crippen molar-refractivity contribution >= 4 is 45.8 Å². The van der Waals surface area contributed by atoms with Crippen LogP contribution >= 0.6 is 22.6 Å². The molecule has 2 aromatic rings. The SMILES string of the molecule is Cn1c(Nc2ccc(I)cc2F)c(C(=O)C(=O)O)c(=O)n(C)c1=O. The average Bonchev–Trinajstić information content (AvgIpc) is 2.52. The molecule has 0 aliphatic heterocycles. The van der Waals surface area contributed by atoms with Crippen molar-refractivity contribution in [2.75, 3.05) is 5.32 Å². The number of Topliss-reactive ketones (excluding diaryl/α,β-unsaturated/α-hetero) is 1. The molecule has 2 rings (SSSR count). The molecule has 0 amide bonds. The molecule has 10 heteroatoms. The Morgan fingerprint density at radius 3 is 2.38 bits per heavy atom. The van der Waals surface area contributed by atoms with E-state index in [0.717, 1.165) is 11.6 Å². The number of halogens is 2. The summed E-state index contributed by atoms with van der Waals surface area (Å²) in [7, 11) is 2.34. The minimum Gasteiger partial charge on any atom is -0.475 e. The van der Waals surface area contributed by atoms with Crippen LogP contribution in [0.2, 0.25) is 0 Å². The number of aliphatic carboxylic acids is 1. The summed E-state index contributed by atoms with van der Waals surface area (Å²) in [5.74, 6) is -4.45. The van der Waals surface area contributed by atoms with Crippen molar-refractivity contribution in [2.45, 2.75) is 0 Å². The summed E-state index contributed by atoms with van der Waals surface area (Å²) < 4.78 is 16.1. The Hall–Kier alpha value is -2.50. The molecule has 1 heterocycles. The Bertz CT molecular complexity index is 980. The molecule has 0 bridgehead atoms. The zero-order valence-electron chi connectivity index (χ0n) is 12.5. The number of hydrogen-bond donors (Lipinski definition) is 2. The standard InChI is InChI=1S/C14H11FIN3O5/c1-18-11(17-8-4-3-6(16)5-7(8)15)9(10(20)13(22)23)12(21)19(2)14(18)24/h3-5,17H,1-2H3,(H,22,23). The molecule has 0 aliphatic carbocycles. The summed E-state index contributed by atoms with van der Waals surface area (Å²) in [6.07, 6.45) is 0. The van der Waals surface area contributed by atoms with Crippen LogP contribution < -0.4 is 16.6 Å². The molecule has 1 aromatic heterocycles. The van der Waals surface area contributed by atoms with Crippen LogP contribution in [0.1, 0.15) is 10.4 Å². The Kier molecular flexibility index (Phi) is 4.87. The van der Waals surface area contributed by atoms with Gasteiger partial charge in [0.25, 0.3) is 11.3 Å². The fourth-order valence-corrected chi connectivity index (χ4v) is 2.47. The van der Waals surface area contributed by atoms with Crippen molar-refractivity contribution < 1.29 is 19.1 Å². The third-order valence-electron chi connectivity index (χ3n) is 3.27. The maximum Gasteiger partial charge on any atom is 0.377 e. The number of benzene rings is 1.